The van der Waals surface area contributed by atoms with Gasteiger partial charge in [-0.05, 0) is 48.6 Å². The normalized spacial score (nSPS) is 15.9. The standard InChI is InChI=1S/C23H22FN5O2/c24-18-9-15(13-1-2-13)10-19-20(18)23(30)29(7-8-31-19)12-16-4-3-14(11-28-16)17-5-6-27-22(26)21(17)25/h3-6,9-11,13H,1-2,7-8,12,25H2,(H2,26,27). The molecule has 158 valence electrons. The van der Waals surface area contributed by atoms with Crippen LogP contribution < -0.4 is 16.2 Å². The van der Waals surface area contributed by atoms with Crippen LogP contribution in [-0.2, 0) is 6.54 Å². The van der Waals surface area contributed by atoms with Crippen LogP contribution in [-0.4, -0.2) is 33.9 Å². The number of carbonyl (C=O) groups is 1. The maximum atomic E-state index is 14.8. The van der Waals surface area contributed by atoms with Gasteiger partial charge in [-0.3, -0.25) is 9.78 Å². The summed E-state index contributed by atoms with van der Waals surface area (Å²) in [6.45, 7) is 0.903. The molecule has 3 aromatic rings. The van der Waals surface area contributed by atoms with Crippen LogP contribution in [0, 0.1) is 5.82 Å². The zero-order valence-electron chi connectivity index (χ0n) is 16.8. The van der Waals surface area contributed by atoms with Crippen LogP contribution in [0.2, 0.25) is 0 Å². The van der Waals surface area contributed by atoms with Gasteiger partial charge < -0.3 is 21.1 Å². The first kappa shape index (κ1) is 19.3. The van der Waals surface area contributed by atoms with E-state index in [1.54, 1.807) is 23.4 Å². The molecule has 1 aliphatic carbocycles. The van der Waals surface area contributed by atoms with Gasteiger partial charge in [0.25, 0.3) is 5.91 Å². The lowest BCUT2D eigenvalue weighted by Gasteiger charge is -2.20. The maximum absolute atomic E-state index is 14.8. The number of hydrogen-bond acceptors (Lipinski definition) is 6. The molecule has 0 bridgehead atoms. The molecule has 0 radical (unpaired) electrons. The van der Waals surface area contributed by atoms with Gasteiger partial charge in [-0.15, -0.1) is 0 Å². The summed E-state index contributed by atoms with van der Waals surface area (Å²) in [5, 5.41) is 0. The van der Waals surface area contributed by atoms with Crippen molar-refractivity contribution in [3.05, 3.63) is 65.4 Å². The summed E-state index contributed by atoms with van der Waals surface area (Å²) in [6.07, 6.45) is 5.37. The van der Waals surface area contributed by atoms with Crippen LogP contribution in [0.3, 0.4) is 0 Å². The predicted octanol–water partition coefficient (Wildman–Crippen LogP) is 3.36. The first-order chi connectivity index (χ1) is 15.0. The zero-order valence-corrected chi connectivity index (χ0v) is 16.8. The molecule has 3 heterocycles. The lowest BCUT2D eigenvalue weighted by atomic mass is 10.0. The van der Waals surface area contributed by atoms with Crippen LogP contribution in [0.5, 0.6) is 5.75 Å². The highest BCUT2D eigenvalue weighted by molar-refractivity contribution is 5.97. The van der Waals surface area contributed by atoms with Gasteiger partial charge in [0.2, 0.25) is 0 Å². The van der Waals surface area contributed by atoms with Gasteiger partial charge in [-0.25, -0.2) is 9.37 Å². The molecule has 8 heteroatoms. The summed E-state index contributed by atoms with van der Waals surface area (Å²) in [5.41, 5.74) is 15.3. The Morgan fingerprint density at radius 1 is 1.16 bits per heavy atom. The minimum atomic E-state index is -0.523. The molecule has 1 aliphatic heterocycles. The fourth-order valence-electron chi connectivity index (χ4n) is 3.87. The smallest absolute Gasteiger partial charge is 0.261 e. The fraction of sp³-hybridized carbons (Fsp3) is 0.261. The third-order valence-electron chi connectivity index (χ3n) is 5.75. The monoisotopic (exact) mass is 419 g/mol. The molecule has 1 aromatic carbocycles. The number of anilines is 2. The summed E-state index contributed by atoms with van der Waals surface area (Å²) in [6, 6.07) is 8.74. The van der Waals surface area contributed by atoms with Gasteiger partial charge in [0.05, 0.1) is 24.5 Å². The fourth-order valence-corrected chi connectivity index (χ4v) is 3.87. The van der Waals surface area contributed by atoms with E-state index in [1.807, 2.05) is 18.2 Å². The van der Waals surface area contributed by atoms with Gasteiger partial charge in [0.15, 0.2) is 0 Å². The lowest BCUT2D eigenvalue weighted by molar-refractivity contribution is 0.0737. The van der Waals surface area contributed by atoms with Crippen molar-refractivity contribution >= 4 is 17.4 Å². The molecule has 2 aromatic heterocycles. The van der Waals surface area contributed by atoms with Crippen molar-refractivity contribution in [1.82, 2.24) is 14.9 Å². The maximum Gasteiger partial charge on any atom is 0.261 e. The van der Waals surface area contributed by atoms with Crippen LogP contribution in [0.4, 0.5) is 15.9 Å². The Hall–Kier alpha value is -3.68. The zero-order chi connectivity index (χ0) is 21.5. The molecule has 1 amide bonds. The van der Waals surface area contributed by atoms with E-state index in [9.17, 15) is 9.18 Å². The van der Waals surface area contributed by atoms with Crippen LogP contribution in [0.25, 0.3) is 11.1 Å². The summed E-state index contributed by atoms with van der Waals surface area (Å²) in [7, 11) is 0. The molecule has 0 atom stereocenters. The third kappa shape index (κ3) is 3.65. The van der Waals surface area contributed by atoms with Crippen LogP contribution >= 0.6 is 0 Å². The third-order valence-corrected chi connectivity index (χ3v) is 5.75. The number of aromatic nitrogens is 2. The van der Waals surface area contributed by atoms with E-state index in [-0.39, 0.29) is 23.8 Å². The number of nitrogens with zero attached hydrogens (tertiary/aromatic N) is 3. The Labute approximate surface area is 178 Å². The van der Waals surface area contributed by atoms with Crippen molar-refractivity contribution in [1.29, 1.82) is 0 Å². The molecule has 1 fully saturated rings. The average Bonchev–Trinajstić information content (AvgIpc) is 3.61. The molecule has 1 saturated carbocycles. The molecule has 0 saturated heterocycles. The topological polar surface area (TPSA) is 107 Å². The molecule has 2 aliphatic rings. The minimum absolute atomic E-state index is 0.00134. The summed E-state index contributed by atoms with van der Waals surface area (Å²) in [5.74, 6) is 0.0748. The van der Waals surface area contributed by atoms with E-state index in [4.69, 9.17) is 16.2 Å². The number of ether oxygens (including phenoxy) is 1. The number of rotatable bonds is 4. The predicted molar refractivity (Wildman–Crippen MR) is 115 cm³/mol. The molecular formula is C23H22FN5O2. The van der Waals surface area contributed by atoms with E-state index in [1.165, 1.54) is 6.07 Å². The van der Waals surface area contributed by atoms with Crippen molar-refractivity contribution in [3.63, 3.8) is 0 Å². The molecule has 4 N–H and O–H groups in total. The van der Waals surface area contributed by atoms with Crippen molar-refractivity contribution < 1.29 is 13.9 Å². The Morgan fingerprint density at radius 2 is 2.00 bits per heavy atom. The first-order valence-corrected chi connectivity index (χ1v) is 10.2. The highest BCUT2D eigenvalue weighted by Gasteiger charge is 2.31. The highest BCUT2D eigenvalue weighted by atomic mass is 19.1. The number of halogens is 1. The summed E-state index contributed by atoms with van der Waals surface area (Å²) < 4.78 is 20.5. The second kappa shape index (κ2) is 7.54. The number of nitrogens with two attached hydrogens (primary N) is 2. The van der Waals surface area contributed by atoms with Crippen molar-refractivity contribution in [2.75, 3.05) is 24.6 Å². The number of pyridine rings is 2. The number of fused-ring (bicyclic) bond motifs is 1. The number of hydrogen-bond donors (Lipinski definition) is 2. The summed E-state index contributed by atoms with van der Waals surface area (Å²) >= 11 is 0. The van der Waals surface area contributed by atoms with Crippen LogP contribution in [0.15, 0.2) is 42.7 Å². The van der Waals surface area contributed by atoms with Gasteiger partial charge in [-0.1, -0.05) is 6.07 Å². The largest absolute Gasteiger partial charge is 0.491 e. The van der Waals surface area contributed by atoms with E-state index in [0.717, 1.165) is 29.5 Å². The van der Waals surface area contributed by atoms with Crippen molar-refractivity contribution in [2.24, 2.45) is 0 Å². The number of benzene rings is 1. The number of nitrogen functional groups attached to an aromatic ring is 2. The van der Waals surface area contributed by atoms with Gasteiger partial charge in [0, 0.05) is 23.5 Å². The Bertz CT molecular complexity index is 1160. The molecule has 5 rings (SSSR count). The SMILES string of the molecule is Nc1nccc(-c2ccc(CN3CCOc4cc(C5CC5)cc(F)c4C3=O)nc2)c1N. The number of carbonyl (C=O) groups excluding carboxylic acids is 1. The second-order valence-electron chi connectivity index (χ2n) is 7.92. The molecular weight excluding hydrogens is 397 g/mol. The average molecular weight is 419 g/mol. The molecule has 31 heavy (non-hydrogen) atoms. The first-order valence-electron chi connectivity index (χ1n) is 10.2. The minimum Gasteiger partial charge on any atom is -0.491 e. The molecule has 0 spiro atoms. The van der Waals surface area contributed by atoms with Crippen molar-refractivity contribution in [3.8, 4) is 16.9 Å². The Kier molecular flexibility index (Phi) is 4.69. The van der Waals surface area contributed by atoms with Crippen molar-refractivity contribution in [2.45, 2.75) is 25.3 Å². The molecule has 7 nitrogen and oxygen atoms in total. The lowest BCUT2D eigenvalue weighted by Crippen LogP contribution is -2.32. The quantitative estimate of drug-likeness (QED) is 0.671. The molecule has 0 unspecified atom stereocenters. The van der Waals surface area contributed by atoms with Gasteiger partial charge in [-0.2, -0.15) is 0 Å². The number of amides is 1. The highest BCUT2D eigenvalue weighted by Crippen LogP contribution is 2.42. The van der Waals surface area contributed by atoms with Crippen LogP contribution in [0.1, 0.15) is 40.4 Å². The van der Waals surface area contributed by atoms with Gasteiger partial charge >= 0.3 is 0 Å². The van der Waals surface area contributed by atoms with Gasteiger partial charge in [0.1, 0.15) is 29.6 Å². The van der Waals surface area contributed by atoms with E-state index < -0.39 is 5.82 Å². The second-order valence-corrected chi connectivity index (χ2v) is 7.92. The summed E-state index contributed by atoms with van der Waals surface area (Å²) in [4.78, 5) is 23.1. The van der Waals surface area contributed by atoms with E-state index in [2.05, 4.69) is 9.97 Å². The van der Waals surface area contributed by atoms with E-state index >= 15 is 0 Å². The Balaban J connectivity index is 1.38. The van der Waals surface area contributed by atoms with E-state index in [0.29, 0.717) is 36.2 Å². The Morgan fingerprint density at radius 3 is 2.74 bits per heavy atom.